The second-order valence-electron chi connectivity index (χ2n) is 8.96. The first-order chi connectivity index (χ1) is 15.9. The predicted molar refractivity (Wildman–Crippen MR) is 131 cm³/mol. The molecule has 0 radical (unpaired) electrons. The lowest BCUT2D eigenvalue weighted by Gasteiger charge is -2.39. The van der Waals surface area contributed by atoms with Crippen LogP contribution in [-0.4, -0.2) is 28.6 Å². The van der Waals surface area contributed by atoms with Crippen molar-refractivity contribution in [1.29, 1.82) is 0 Å². The van der Waals surface area contributed by atoms with Gasteiger partial charge in [0.15, 0.2) is 11.0 Å². The van der Waals surface area contributed by atoms with E-state index in [4.69, 9.17) is 4.74 Å². The number of methoxy groups -OCH3 is 1. The Morgan fingerprint density at radius 3 is 2.47 bits per heavy atom. The molecular weight excluding hydrogens is 483 g/mol. The predicted octanol–water partition coefficient (Wildman–Crippen LogP) is 6.46. The van der Waals surface area contributed by atoms with Gasteiger partial charge in [0.25, 0.3) is 0 Å². The molecule has 0 saturated heterocycles. The summed E-state index contributed by atoms with van der Waals surface area (Å²) in [6, 6.07) is 10.2. The topological polar surface area (TPSA) is 51.5 Å². The summed E-state index contributed by atoms with van der Waals surface area (Å²) in [7, 11) is 1.47. The maximum atomic E-state index is 14.4. The molecule has 0 aliphatic rings. The second kappa shape index (κ2) is 8.87. The number of nitrogens with zero attached hydrogens (tertiary/aromatic N) is 1. The summed E-state index contributed by atoms with van der Waals surface area (Å²) in [6.45, 7) is 2.61. The molecule has 0 aliphatic carbocycles. The lowest BCUT2D eigenvalue weighted by Crippen LogP contribution is -2.52. The van der Waals surface area contributed by atoms with Crippen LogP contribution in [0.4, 0.5) is 13.2 Å². The van der Waals surface area contributed by atoms with E-state index in [-0.39, 0.29) is 5.43 Å². The number of aliphatic hydroxyl groups is 1. The van der Waals surface area contributed by atoms with Gasteiger partial charge in [-0.15, -0.1) is 11.3 Å². The van der Waals surface area contributed by atoms with E-state index in [1.165, 1.54) is 35.3 Å². The number of halogens is 3. The fourth-order valence-corrected chi connectivity index (χ4v) is 5.85. The van der Waals surface area contributed by atoms with Gasteiger partial charge in [0.2, 0.25) is 0 Å². The summed E-state index contributed by atoms with van der Waals surface area (Å²) in [5.41, 5.74) is -1.65. The molecule has 1 aromatic carbocycles. The Morgan fingerprint density at radius 2 is 1.82 bits per heavy atom. The number of alkyl halides is 3. The van der Waals surface area contributed by atoms with Gasteiger partial charge in [-0.3, -0.25) is 4.79 Å². The van der Waals surface area contributed by atoms with Crippen molar-refractivity contribution in [3.8, 4) is 16.9 Å². The van der Waals surface area contributed by atoms with Gasteiger partial charge < -0.3 is 14.4 Å². The van der Waals surface area contributed by atoms with E-state index in [1.54, 1.807) is 31.4 Å². The molecule has 0 saturated carbocycles. The fourth-order valence-electron chi connectivity index (χ4n) is 4.36. The van der Waals surface area contributed by atoms with Crippen LogP contribution < -0.4 is 10.2 Å². The van der Waals surface area contributed by atoms with Crippen LogP contribution in [0.1, 0.15) is 25.8 Å². The minimum Gasteiger partial charge on any atom is -0.496 e. The Morgan fingerprint density at radius 1 is 1.06 bits per heavy atom. The van der Waals surface area contributed by atoms with Gasteiger partial charge in [-0.25, -0.2) is 0 Å². The monoisotopic (exact) mass is 507 g/mol. The Hall–Kier alpha value is -2.62. The number of pyridine rings is 1. The number of rotatable bonds is 7. The standard InChI is InChI=1S/C25H24F3NO3S2/c1-23(2,18-12-16(4-5-21(18)32-3)17-7-10-33-13-17)14-24(31,25(26,27)28)15-29-9-6-20(30)22-19(29)8-11-34-22/h4-13,31H,14-15H2,1-3H3. The quantitative estimate of drug-likeness (QED) is 0.312. The van der Waals surface area contributed by atoms with Gasteiger partial charge in [0.05, 0.1) is 23.9 Å². The Kier molecular flexibility index (Phi) is 6.39. The van der Waals surface area contributed by atoms with Crippen molar-refractivity contribution >= 4 is 32.9 Å². The number of ether oxygens (including phenoxy) is 1. The molecule has 0 bridgehead atoms. The van der Waals surface area contributed by atoms with Crippen molar-refractivity contribution in [3.63, 3.8) is 0 Å². The first-order valence-electron chi connectivity index (χ1n) is 10.5. The van der Waals surface area contributed by atoms with Gasteiger partial charge in [0, 0.05) is 17.8 Å². The number of benzene rings is 1. The third-order valence-corrected chi connectivity index (χ3v) is 7.66. The maximum absolute atomic E-state index is 14.4. The summed E-state index contributed by atoms with van der Waals surface area (Å²) in [4.78, 5) is 12.1. The summed E-state index contributed by atoms with van der Waals surface area (Å²) < 4.78 is 50.3. The van der Waals surface area contributed by atoms with Crippen LogP contribution in [0.15, 0.2) is 63.5 Å². The summed E-state index contributed by atoms with van der Waals surface area (Å²) >= 11 is 2.70. The van der Waals surface area contributed by atoms with Crippen LogP contribution in [0.2, 0.25) is 0 Å². The van der Waals surface area contributed by atoms with Gasteiger partial charge in [-0.2, -0.15) is 24.5 Å². The molecule has 1 unspecified atom stereocenters. The van der Waals surface area contributed by atoms with Crippen molar-refractivity contribution in [1.82, 2.24) is 4.57 Å². The zero-order valence-electron chi connectivity index (χ0n) is 18.8. The molecule has 1 atom stereocenters. The third-order valence-electron chi connectivity index (χ3n) is 6.06. The number of aromatic nitrogens is 1. The van der Waals surface area contributed by atoms with Crippen LogP contribution in [-0.2, 0) is 12.0 Å². The van der Waals surface area contributed by atoms with E-state index in [0.717, 1.165) is 22.5 Å². The van der Waals surface area contributed by atoms with Crippen LogP contribution in [0.3, 0.4) is 0 Å². The van der Waals surface area contributed by atoms with Crippen LogP contribution in [0.5, 0.6) is 5.75 Å². The van der Waals surface area contributed by atoms with Gasteiger partial charge in [0.1, 0.15) is 5.75 Å². The summed E-state index contributed by atoms with van der Waals surface area (Å²) in [6.07, 6.45) is -4.21. The lowest BCUT2D eigenvalue weighted by molar-refractivity contribution is -0.271. The molecule has 0 aliphatic heterocycles. The normalized spacial score (nSPS) is 14.3. The molecule has 0 amide bonds. The molecule has 180 valence electrons. The molecule has 3 aromatic heterocycles. The molecular formula is C25H24F3NO3S2. The molecule has 3 heterocycles. The van der Waals surface area contributed by atoms with Crippen molar-refractivity contribution < 1.29 is 23.0 Å². The molecule has 4 aromatic rings. The largest absolute Gasteiger partial charge is 0.496 e. The Labute approximate surface area is 202 Å². The number of thiophene rings is 2. The van der Waals surface area contributed by atoms with Gasteiger partial charge in [-0.1, -0.05) is 19.9 Å². The lowest BCUT2D eigenvalue weighted by atomic mass is 9.73. The highest BCUT2D eigenvalue weighted by atomic mass is 32.1. The van der Waals surface area contributed by atoms with E-state index in [1.807, 2.05) is 29.0 Å². The molecule has 0 fully saturated rings. The average Bonchev–Trinajstić information content (AvgIpc) is 3.47. The highest BCUT2D eigenvalue weighted by Crippen LogP contribution is 2.45. The Bertz CT molecular complexity index is 1360. The van der Waals surface area contributed by atoms with E-state index in [2.05, 4.69) is 0 Å². The van der Waals surface area contributed by atoms with Crippen LogP contribution >= 0.6 is 22.7 Å². The highest BCUT2D eigenvalue weighted by Gasteiger charge is 2.56. The van der Waals surface area contributed by atoms with Crippen molar-refractivity contribution in [2.24, 2.45) is 0 Å². The maximum Gasteiger partial charge on any atom is 0.418 e. The zero-order valence-corrected chi connectivity index (χ0v) is 20.5. The van der Waals surface area contributed by atoms with Gasteiger partial charge >= 0.3 is 6.18 Å². The number of fused-ring (bicyclic) bond motifs is 1. The minimum absolute atomic E-state index is 0.257. The molecule has 34 heavy (non-hydrogen) atoms. The van der Waals surface area contributed by atoms with E-state index < -0.39 is 30.2 Å². The summed E-state index contributed by atoms with van der Waals surface area (Å²) in [5, 5.41) is 16.7. The van der Waals surface area contributed by atoms with Crippen molar-refractivity contribution in [2.45, 2.75) is 44.0 Å². The third kappa shape index (κ3) is 4.52. The van der Waals surface area contributed by atoms with E-state index in [0.29, 0.717) is 21.5 Å². The molecule has 4 nitrogen and oxygen atoms in total. The van der Waals surface area contributed by atoms with Crippen LogP contribution in [0.25, 0.3) is 21.3 Å². The van der Waals surface area contributed by atoms with Crippen molar-refractivity contribution in [2.75, 3.05) is 7.11 Å². The number of hydrogen-bond acceptors (Lipinski definition) is 5. The molecule has 4 rings (SSSR count). The highest BCUT2D eigenvalue weighted by molar-refractivity contribution is 7.17. The molecule has 9 heteroatoms. The summed E-state index contributed by atoms with van der Waals surface area (Å²) in [5.74, 6) is 0.456. The van der Waals surface area contributed by atoms with E-state index in [9.17, 15) is 23.1 Å². The first-order valence-corrected chi connectivity index (χ1v) is 12.3. The zero-order chi connectivity index (χ0) is 24.7. The first kappa shape index (κ1) is 24.5. The average molecular weight is 508 g/mol. The number of hydrogen-bond donors (Lipinski definition) is 1. The second-order valence-corrected chi connectivity index (χ2v) is 10.7. The minimum atomic E-state index is -4.91. The smallest absolute Gasteiger partial charge is 0.418 e. The van der Waals surface area contributed by atoms with Crippen LogP contribution in [0, 0.1) is 0 Å². The van der Waals surface area contributed by atoms with Gasteiger partial charge in [-0.05, 0) is 63.4 Å². The SMILES string of the molecule is COc1ccc(-c2ccsc2)cc1C(C)(C)CC(O)(Cn1ccc(=O)c2sccc21)C(F)(F)F. The Balaban J connectivity index is 1.76. The fraction of sp³-hybridized carbons (Fsp3) is 0.320. The van der Waals surface area contributed by atoms with E-state index >= 15 is 0 Å². The van der Waals surface area contributed by atoms with Crippen molar-refractivity contribution in [3.05, 3.63) is 74.5 Å². The molecule has 0 spiro atoms. The molecule has 1 N–H and O–H groups in total.